The maximum absolute atomic E-state index is 5.58. The van der Waals surface area contributed by atoms with Crippen LogP contribution in [0.15, 0.2) is 52.6 Å². The van der Waals surface area contributed by atoms with E-state index in [1.807, 2.05) is 24.9 Å². The molecule has 3 aliphatic rings. The lowest BCUT2D eigenvalue weighted by molar-refractivity contribution is 0.367. The SMILES string of the molecule is Cc1cccc2c1-n1cncc1C[N+]1(c3noc(C4CC4)n3)C=CN=C21. The van der Waals surface area contributed by atoms with E-state index in [4.69, 9.17) is 14.5 Å². The van der Waals surface area contributed by atoms with Crippen LogP contribution in [0.4, 0.5) is 5.95 Å². The van der Waals surface area contributed by atoms with Gasteiger partial charge >= 0.3 is 5.95 Å². The molecule has 0 spiro atoms. The van der Waals surface area contributed by atoms with Gasteiger partial charge in [0.25, 0.3) is 0 Å². The Morgan fingerprint density at radius 2 is 2.19 bits per heavy atom. The molecule has 2 aliphatic heterocycles. The zero-order chi connectivity index (χ0) is 17.3. The summed E-state index contributed by atoms with van der Waals surface area (Å²) in [6, 6.07) is 6.29. The molecule has 0 N–H and O–H groups in total. The lowest BCUT2D eigenvalue weighted by Crippen LogP contribution is -2.47. The Balaban J connectivity index is 1.63. The lowest BCUT2D eigenvalue weighted by Gasteiger charge is -2.25. The largest absolute Gasteiger partial charge is 0.377 e. The smallest absolute Gasteiger partial charge is 0.334 e. The fraction of sp³-hybridized carbons (Fsp3) is 0.263. The average Bonchev–Trinajstić information content (AvgIpc) is 3.07. The third kappa shape index (κ3) is 1.75. The molecular weight excluding hydrogens is 328 g/mol. The molecule has 1 aliphatic carbocycles. The van der Waals surface area contributed by atoms with Gasteiger partial charge in [-0.15, -0.1) is 4.98 Å². The second-order valence-corrected chi connectivity index (χ2v) is 7.21. The van der Waals surface area contributed by atoms with Crippen molar-refractivity contribution in [2.45, 2.75) is 32.2 Å². The summed E-state index contributed by atoms with van der Waals surface area (Å²) in [7, 11) is 0. The summed E-state index contributed by atoms with van der Waals surface area (Å²) < 4.78 is 8.06. The molecule has 0 amide bonds. The number of hydrogen-bond acceptors (Lipinski definition) is 5. The Kier molecular flexibility index (Phi) is 2.59. The number of amidine groups is 1. The standard InChI is InChI=1S/C19H17N6O/c1-12-3-2-4-15-16(12)24-11-20-9-14(24)10-25(8-7-21-17(15)25)19-22-18(26-23-19)13-5-6-13/h2-4,7-9,11,13H,5-6,10H2,1H3/q+1. The zero-order valence-electron chi connectivity index (χ0n) is 14.3. The van der Waals surface area contributed by atoms with Crippen molar-refractivity contribution in [2.24, 2.45) is 4.99 Å². The first-order valence-electron chi connectivity index (χ1n) is 8.86. The molecule has 2 aromatic heterocycles. The number of nitrogens with zero attached hydrogens (tertiary/aromatic N) is 6. The monoisotopic (exact) mass is 345 g/mol. The Morgan fingerprint density at radius 1 is 1.27 bits per heavy atom. The molecule has 1 atom stereocenters. The van der Waals surface area contributed by atoms with Crippen molar-refractivity contribution in [3.8, 4) is 5.69 Å². The van der Waals surface area contributed by atoms with Crippen molar-refractivity contribution >= 4 is 11.8 Å². The van der Waals surface area contributed by atoms with Crippen molar-refractivity contribution in [3.63, 3.8) is 0 Å². The molecule has 1 fully saturated rings. The van der Waals surface area contributed by atoms with Crippen LogP contribution in [0, 0.1) is 6.92 Å². The molecule has 26 heavy (non-hydrogen) atoms. The van der Waals surface area contributed by atoms with Gasteiger partial charge in [-0.2, -0.15) is 9.48 Å². The Labute approximate surface area is 149 Å². The maximum Gasteiger partial charge on any atom is 0.377 e. The molecule has 3 aromatic rings. The van der Waals surface area contributed by atoms with Gasteiger partial charge in [0.1, 0.15) is 12.7 Å². The number of quaternary nitrogens is 1. The van der Waals surface area contributed by atoms with E-state index in [0.717, 1.165) is 41.5 Å². The number of hydrogen-bond donors (Lipinski definition) is 0. The highest BCUT2D eigenvalue weighted by molar-refractivity contribution is 6.11. The van der Waals surface area contributed by atoms with Gasteiger partial charge in [0.2, 0.25) is 11.7 Å². The van der Waals surface area contributed by atoms with E-state index < -0.39 is 0 Å². The lowest BCUT2D eigenvalue weighted by atomic mass is 10.1. The molecule has 4 heterocycles. The second-order valence-electron chi connectivity index (χ2n) is 7.21. The normalized spacial score (nSPS) is 23.2. The van der Waals surface area contributed by atoms with E-state index in [9.17, 15) is 0 Å². The molecule has 7 heteroatoms. The fourth-order valence-corrected chi connectivity index (χ4v) is 3.98. The molecule has 0 saturated heterocycles. The number of aryl methyl sites for hydroxylation is 1. The van der Waals surface area contributed by atoms with E-state index in [2.05, 4.69) is 39.8 Å². The van der Waals surface area contributed by atoms with Crippen LogP contribution in [0.3, 0.4) is 0 Å². The average molecular weight is 345 g/mol. The van der Waals surface area contributed by atoms with Crippen molar-refractivity contribution in [3.05, 3.63) is 65.8 Å². The van der Waals surface area contributed by atoms with Crippen molar-refractivity contribution in [1.82, 2.24) is 24.2 Å². The molecule has 6 rings (SSSR count). The molecule has 0 radical (unpaired) electrons. The van der Waals surface area contributed by atoms with Gasteiger partial charge in [-0.1, -0.05) is 12.1 Å². The Hall–Kier alpha value is -3.06. The zero-order valence-corrected chi connectivity index (χ0v) is 14.3. The summed E-state index contributed by atoms with van der Waals surface area (Å²) in [6.07, 6.45) is 9.94. The summed E-state index contributed by atoms with van der Waals surface area (Å²) in [5.41, 5.74) is 4.47. The van der Waals surface area contributed by atoms with Crippen molar-refractivity contribution < 1.29 is 4.52 Å². The van der Waals surface area contributed by atoms with E-state index in [-0.39, 0.29) is 0 Å². The third-order valence-electron chi connectivity index (χ3n) is 5.46. The number of para-hydroxylation sites is 1. The second kappa shape index (κ2) is 4.76. The number of aromatic nitrogens is 4. The molecular formula is C19H17N6O+. The summed E-state index contributed by atoms with van der Waals surface area (Å²) in [6.45, 7) is 2.76. The molecule has 1 aromatic carbocycles. The van der Waals surface area contributed by atoms with Gasteiger partial charge in [-0.3, -0.25) is 4.57 Å². The van der Waals surface area contributed by atoms with Crippen LogP contribution in [0.2, 0.25) is 0 Å². The minimum Gasteiger partial charge on any atom is -0.334 e. The van der Waals surface area contributed by atoms with Gasteiger partial charge in [-0.25, -0.2) is 4.98 Å². The van der Waals surface area contributed by atoms with Gasteiger partial charge in [0, 0.05) is 11.1 Å². The fourth-order valence-electron chi connectivity index (χ4n) is 3.98. The number of aliphatic imine (C=N–C) groups is 1. The molecule has 1 unspecified atom stereocenters. The first kappa shape index (κ1) is 14.1. The predicted octanol–water partition coefficient (Wildman–Crippen LogP) is 3.19. The van der Waals surface area contributed by atoms with Crippen molar-refractivity contribution in [1.29, 1.82) is 0 Å². The van der Waals surface area contributed by atoms with Gasteiger partial charge in [-0.05, 0) is 31.4 Å². The molecule has 128 valence electrons. The number of benzene rings is 1. The van der Waals surface area contributed by atoms with E-state index in [0.29, 0.717) is 22.9 Å². The summed E-state index contributed by atoms with van der Waals surface area (Å²) in [5.74, 6) is 2.74. The van der Waals surface area contributed by atoms with Gasteiger partial charge < -0.3 is 4.52 Å². The highest BCUT2D eigenvalue weighted by Gasteiger charge is 2.48. The molecule has 7 nitrogen and oxygen atoms in total. The van der Waals surface area contributed by atoms with Crippen LogP contribution in [0.5, 0.6) is 0 Å². The van der Waals surface area contributed by atoms with Gasteiger partial charge in [0.05, 0.1) is 35.7 Å². The van der Waals surface area contributed by atoms with E-state index in [1.54, 1.807) is 0 Å². The number of imidazole rings is 1. The topological polar surface area (TPSA) is 69.1 Å². The third-order valence-corrected chi connectivity index (χ3v) is 5.46. The molecule has 0 bridgehead atoms. The van der Waals surface area contributed by atoms with E-state index in [1.165, 1.54) is 5.56 Å². The van der Waals surface area contributed by atoms with Gasteiger partial charge in [0.15, 0.2) is 0 Å². The van der Waals surface area contributed by atoms with Crippen molar-refractivity contribution in [2.75, 3.05) is 0 Å². The highest BCUT2D eigenvalue weighted by atomic mass is 16.5. The highest BCUT2D eigenvalue weighted by Crippen LogP contribution is 2.42. The van der Waals surface area contributed by atoms with Crippen LogP contribution in [-0.4, -0.2) is 25.5 Å². The van der Waals surface area contributed by atoms with Crippen LogP contribution in [0.1, 0.15) is 41.5 Å². The first-order chi connectivity index (χ1) is 12.8. The summed E-state index contributed by atoms with van der Waals surface area (Å²) in [4.78, 5) is 13.9. The van der Waals surface area contributed by atoms with E-state index >= 15 is 0 Å². The Morgan fingerprint density at radius 3 is 3.08 bits per heavy atom. The maximum atomic E-state index is 5.58. The van der Waals surface area contributed by atoms with Crippen LogP contribution >= 0.6 is 0 Å². The summed E-state index contributed by atoms with van der Waals surface area (Å²) in [5, 5.41) is 4.35. The first-order valence-corrected chi connectivity index (χ1v) is 8.86. The quantitative estimate of drug-likeness (QED) is 0.669. The van der Waals surface area contributed by atoms with Crippen LogP contribution in [-0.2, 0) is 6.54 Å². The van der Waals surface area contributed by atoms with Crippen LogP contribution < -0.4 is 4.48 Å². The molecule has 1 saturated carbocycles. The van der Waals surface area contributed by atoms with Crippen LogP contribution in [0.25, 0.3) is 5.69 Å². The summed E-state index contributed by atoms with van der Waals surface area (Å²) >= 11 is 0. The minimum absolute atomic E-state index is 0.332. The Bertz CT molecular complexity index is 1100. The number of rotatable bonds is 2. The number of fused-ring (bicyclic) bond motifs is 5. The minimum atomic E-state index is 0.332. The predicted molar refractivity (Wildman–Crippen MR) is 95.7 cm³/mol.